The minimum absolute atomic E-state index is 0.228. The van der Waals surface area contributed by atoms with Crippen molar-refractivity contribution in [2.24, 2.45) is 0 Å². The molecule has 1 aromatic carbocycles. The van der Waals surface area contributed by atoms with E-state index < -0.39 is 10.0 Å². The Bertz CT molecular complexity index is 728. The second kappa shape index (κ2) is 5.32. The van der Waals surface area contributed by atoms with E-state index in [1.807, 2.05) is 0 Å². The van der Waals surface area contributed by atoms with E-state index >= 15 is 0 Å². The first-order valence-electron chi connectivity index (χ1n) is 5.13. The average molecular weight is 382 g/mol. The molecule has 0 saturated carbocycles. The molecule has 19 heavy (non-hydrogen) atoms. The fraction of sp³-hybridized carbons (Fsp3) is 0.0909. The Morgan fingerprint density at radius 2 is 2.05 bits per heavy atom. The average Bonchev–Trinajstić information content (AvgIpc) is 2.73. The summed E-state index contributed by atoms with van der Waals surface area (Å²) in [6.45, 7) is 1.76. The Hall–Kier alpha value is -0.760. The fourth-order valence-electron chi connectivity index (χ4n) is 1.45. The van der Waals surface area contributed by atoms with Gasteiger partial charge in [0, 0.05) is 0 Å². The van der Waals surface area contributed by atoms with Gasteiger partial charge in [0.25, 0.3) is 10.0 Å². The van der Waals surface area contributed by atoms with Gasteiger partial charge < -0.3 is 5.73 Å². The van der Waals surface area contributed by atoms with E-state index in [9.17, 15) is 8.42 Å². The van der Waals surface area contributed by atoms with Crippen LogP contribution >= 0.6 is 38.9 Å². The van der Waals surface area contributed by atoms with Crippen molar-refractivity contribution in [2.75, 3.05) is 10.5 Å². The Morgan fingerprint density at radius 1 is 1.37 bits per heavy atom. The van der Waals surface area contributed by atoms with Crippen molar-refractivity contribution in [1.82, 2.24) is 0 Å². The third kappa shape index (κ3) is 3.22. The van der Waals surface area contributed by atoms with E-state index in [-0.39, 0.29) is 4.21 Å². The number of nitrogens with one attached hydrogen (secondary N) is 1. The molecule has 0 aliphatic carbocycles. The van der Waals surface area contributed by atoms with Crippen LogP contribution in [0.2, 0.25) is 5.02 Å². The van der Waals surface area contributed by atoms with Gasteiger partial charge in [0.05, 0.1) is 20.2 Å². The smallest absolute Gasteiger partial charge is 0.271 e. The summed E-state index contributed by atoms with van der Waals surface area (Å²) < 4.78 is 27.8. The highest BCUT2D eigenvalue weighted by Crippen LogP contribution is 2.31. The number of sulfonamides is 1. The number of rotatable bonds is 3. The van der Waals surface area contributed by atoms with Crippen LogP contribution < -0.4 is 10.5 Å². The molecule has 0 radical (unpaired) electrons. The van der Waals surface area contributed by atoms with Crippen LogP contribution in [-0.4, -0.2) is 8.42 Å². The van der Waals surface area contributed by atoms with Crippen LogP contribution in [0.15, 0.2) is 32.3 Å². The normalized spacial score (nSPS) is 11.5. The Kier molecular flexibility index (Phi) is 4.10. The largest absolute Gasteiger partial charge is 0.398 e. The summed E-state index contributed by atoms with van der Waals surface area (Å²) >= 11 is 10.3. The van der Waals surface area contributed by atoms with Crippen molar-refractivity contribution >= 4 is 60.3 Å². The first kappa shape index (κ1) is 14.6. The molecule has 2 aromatic rings. The molecule has 2 rings (SSSR count). The number of anilines is 2. The summed E-state index contributed by atoms with van der Waals surface area (Å²) in [7, 11) is -3.61. The SMILES string of the molecule is Cc1cc(N)c(Cl)cc1NS(=O)(=O)c1ccc(Br)s1. The van der Waals surface area contributed by atoms with Crippen molar-refractivity contribution in [1.29, 1.82) is 0 Å². The van der Waals surface area contributed by atoms with Crippen molar-refractivity contribution in [2.45, 2.75) is 11.1 Å². The maximum absolute atomic E-state index is 12.2. The van der Waals surface area contributed by atoms with Gasteiger partial charge in [-0.3, -0.25) is 4.72 Å². The van der Waals surface area contributed by atoms with E-state index in [0.29, 0.717) is 22.0 Å². The molecule has 0 spiro atoms. The lowest BCUT2D eigenvalue weighted by Gasteiger charge is -2.11. The highest BCUT2D eigenvalue weighted by atomic mass is 79.9. The van der Waals surface area contributed by atoms with Crippen molar-refractivity contribution < 1.29 is 8.42 Å². The standard InChI is InChI=1S/C11H10BrClN2O2S2/c1-6-4-8(14)7(13)5-9(6)15-19(16,17)11-3-2-10(12)18-11/h2-5,15H,14H2,1H3. The molecule has 8 heteroatoms. The summed E-state index contributed by atoms with van der Waals surface area (Å²) in [5, 5.41) is 0.315. The summed E-state index contributed by atoms with van der Waals surface area (Å²) in [5.74, 6) is 0. The van der Waals surface area contributed by atoms with Crippen molar-refractivity contribution in [3.8, 4) is 0 Å². The highest BCUT2D eigenvalue weighted by Gasteiger charge is 2.18. The van der Waals surface area contributed by atoms with E-state index in [1.165, 1.54) is 12.1 Å². The summed E-state index contributed by atoms with van der Waals surface area (Å²) in [4.78, 5) is 0. The zero-order valence-corrected chi connectivity index (χ0v) is 13.8. The van der Waals surface area contributed by atoms with Gasteiger partial charge in [0.2, 0.25) is 0 Å². The number of hydrogen-bond donors (Lipinski definition) is 2. The topological polar surface area (TPSA) is 72.2 Å². The number of nitrogens with two attached hydrogens (primary N) is 1. The summed E-state index contributed by atoms with van der Waals surface area (Å²) in [6, 6.07) is 6.35. The van der Waals surface area contributed by atoms with Crippen molar-refractivity contribution in [3.05, 3.63) is 38.6 Å². The van der Waals surface area contributed by atoms with Gasteiger partial charge in [-0.1, -0.05) is 11.6 Å². The van der Waals surface area contributed by atoms with Crippen LogP contribution in [0.3, 0.4) is 0 Å². The van der Waals surface area contributed by atoms with E-state index in [4.69, 9.17) is 17.3 Å². The highest BCUT2D eigenvalue weighted by molar-refractivity contribution is 9.11. The molecular formula is C11H10BrClN2O2S2. The number of aryl methyl sites for hydroxylation is 1. The fourth-order valence-corrected chi connectivity index (χ4v) is 4.75. The van der Waals surface area contributed by atoms with E-state index in [0.717, 1.165) is 15.1 Å². The molecule has 102 valence electrons. The zero-order valence-electron chi connectivity index (χ0n) is 9.78. The van der Waals surface area contributed by atoms with Crippen LogP contribution in [-0.2, 0) is 10.0 Å². The van der Waals surface area contributed by atoms with Crippen LogP contribution in [0.25, 0.3) is 0 Å². The number of benzene rings is 1. The number of thiophene rings is 1. The monoisotopic (exact) mass is 380 g/mol. The van der Waals surface area contributed by atoms with Gasteiger partial charge in [0.15, 0.2) is 0 Å². The molecule has 0 amide bonds. The van der Waals surface area contributed by atoms with E-state index in [2.05, 4.69) is 20.7 Å². The minimum Gasteiger partial charge on any atom is -0.398 e. The number of halogens is 2. The summed E-state index contributed by atoms with van der Waals surface area (Å²) in [6.07, 6.45) is 0. The molecular weight excluding hydrogens is 372 g/mol. The van der Waals surface area contributed by atoms with Crippen LogP contribution in [0.5, 0.6) is 0 Å². The third-order valence-corrected chi connectivity index (χ3v) is 6.21. The second-order valence-corrected chi connectivity index (χ2v) is 8.63. The summed E-state index contributed by atoms with van der Waals surface area (Å²) in [5.41, 5.74) is 7.20. The molecule has 4 nitrogen and oxygen atoms in total. The van der Waals surface area contributed by atoms with Gasteiger partial charge >= 0.3 is 0 Å². The quantitative estimate of drug-likeness (QED) is 0.793. The van der Waals surface area contributed by atoms with Gasteiger partial charge in [-0.25, -0.2) is 8.42 Å². The van der Waals surface area contributed by atoms with Crippen LogP contribution in [0.1, 0.15) is 5.56 Å². The van der Waals surface area contributed by atoms with Gasteiger partial charge in [-0.2, -0.15) is 0 Å². The molecule has 3 N–H and O–H groups in total. The molecule has 0 saturated heterocycles. The predicted molar refractivity (Wildman–Crippen MR) is 83.4 cm³/mol. The first-order valence-corrected chi connectivity index (χ1v) is 8.60. The number of hydrogen-bond acceptors (Lipinski definition) is 4. The van der Waals surface area contributed by atoms with Gasteiger partial charge in [-0.05, 0) is 52.7 Å². The van der Waals surface area contributed by atoms with Gasteiger partial charge in [-0.15, -0.1) is 11.3 Å². The third-order valence-electron chi connectivity index (χ3n) is 2.40. The molecule has 1 heterocycles. The molecule has 0 aliphatic heterocycles. The van der Waals surface area contributed by atoms with Crippen molar-refractivity contribution in [3.63, 3.8) is 0 Å². The van der Waals surface area contributed by atoms with Gasteiger partial charge in [0.1, 0.15) is 4.21 Å². The second-order valence-electron chi connectivity index (χ2n) is 3.85. The lowest BCUT2D eigenvalue weighted by atomic mass is 10.2. The Labute approximate surface area is 128 Å². The molecule has 0 bridgehead atoms. The molecule has 0 fully saturated rings. The minimum atomic E-state index is -3.61. The number of nitrogen functional groups attached to an aromatic ring is 1. The van der Waals surface area contributed by atoms with Crippen LogP contribution in [0, 0.1) is 6.92 Å². The Morgan fingerprint density at radius 3 is 2.63 bits per heavy atom. The first-order chi connectivity index (χ1) is 8.79. The molecule has 0 atom stereocenters. The lowest BCUT2D eigenvalue weighted by Crippen LogP contribution is -2.12. The lowest BCUT2D eigenvalue weighted by molar-refractivity contribution is 0.603. The maximum atomic E-state index is 12.2. The van der Waals surface area contributed by atoms with Crippen LogP contribution in [0.4, 0.5) is 11.4 Å². The molecule has 1 aromatic heterocycles. The Balaban J connectivity index is 2.38. The molecule has 0 unspecified atom stereocenters. The predicted octanol–water partition coefficient (Wildman–Crippen LogP) is 3.86. The molecule has 0 aliphatic rings. The zero-order chi connectivity index (χ0) is 14.2. The van der Waals surface area contributed by atoms with E-state index in [1.54, 1.807) is 19.1 Å². The maximum Gasteiger partial charge on any atom is 0.271 e.